The summed E-state index contributed by atoms with van der Waals surface area (Å²) in [6, 6.07) is 2.71. The van der Waals surface area contributed by atoms with E-state index in [4.69, 9.17) is 5.11 Å². The molecule has 2 rings (SSSR count). The van der Waals surface area contributed by atoms with Gasteiger partial charge in [0.1, 0.15) is 5.69 Å². The molecule has 2 amide bonds. The van der Waals surface area contributed by atoms with Crippen LogP contribution in [0, 0.1) is 6.92 Å². The smallest absolute Gasteiger partial charge is 0.354 e. The molecule has 0 spiro atoms. The van der Waals surface area contributed by atoms with Crippen LogP contribution in [0.3, 0.4) is 0 Å². The molecule has 2 aromatic heterocycles. The second kappa shape index (κ2) is 6.80. The minimum absolute atomic E-state index is 0.0243. The van der Waals surface area contributed by atoms with Crippen molar-refractivity contribution in [3.63, 3.8) is 0 Å². The number of carboxylic acid groups (broad SMARTS) is 1. The van der Waals surface area contributed by atoms with Crippen molar-refractivity contribution >= 4 is 23.3 Å². The van der Waals surface area contributed by atoms with E-state index in [1.165, 1.54) is 23.6 Å². The molecular formula is C13H14N4O3S. The van der Waals surface area contributed by atoms with Crippen LogP contribution in [0.1, 0.15) is 25.9 Å². The summed E-state index contributed by atoms with van der Waals surface area (Å²) in [4.78, 5) is 31.1. The first-order valence-electron chi connectivity index (χ1n) is 6.16. The molecule has 0 saturated heterocycles. The molecular weight excluding hydrogens is 292 g/mol. The maximum absolute atomic E-state index is 11.6. The van der Waals surface area contributed by atoms with Gasteiger partial charge in [0, 0.05) is 23.8 Å². The van der Waals surface area contributed by atoms with Crippen LogP contribution in [-0.4, -0.2) is 27.1 Å². The number of aromatic nitrogens is 2. The minimum Gasteiger partial charge on any atom is -0.477 e. The number of hydrogen-bond acceptors (Lipinski definition) is 5. The first kappa shape index (κ1) is 14.9. The quantitative estimate of drug-likeness (QED) is 0.777. The van der Waals surface area contributed by atoms with Crippen molar-refractivity contribution in [3.8, 4) is 0 Å². The summed E-state index contributed by atoms with van der Waals surface area (Å²) in [6.45, 7) is 2.61. The normalized spacial score (nSPS) is 10.1. The van der Waals surface area contributed by atoms with Gasteiger partial charge in [-0.05, 0) is 18.6 Å². The van der Waals surface area contributed by atoms with Gasteiger partial charge in [-0.1, -0.05) is 6.07 Å². The highest BCUT2D eigenvalue weighted by Crippen LogP contribution is 2.10. The van der Waals surface area contributed by atoms with Crippen molar-refractivity contribution in [1.82, 2.24) is 20.6 Å². The Morgan fingerprint density at radius 1 is 1.19 bits per heavy atom. The van der Waals surface area contributed by atoms with E-state index in [2.05, 4.69) is 20.6 Å². The Labute approximate surface area is 125 Å². The third-order valence-electron chi connectivity index (χ3n) is 2.59. The summed E-state index contributed by atoms with van der Waals surface area (Å²) in [7, 11) is 0. The Morgan fingerprint density at radius 3 is 2.52 bits per heavy atom. The zero-order chi connectivity index (χ0) is 15.2. The van der Waals surface area contributed by atoms with Gasteiger partial charge in [0.25, 0.3) is 0 Å². The highest BCUT2D eigenvalue weighted by Gasteiger charge is 2.05. The summed E-state index contributed by atoms with van der Waals surface area (Å²) >= 11 is 1.53. The van der Waals surface area contributed by atoms with Gasteiger partial charge in [-0.25, -0.2) is 19.6 Å². The van der Waals surface area contributed by atoms with E-state index in [9.17, 15) is 9.59 Å². The summed E-state index contributed by atoms with van der Waals surface area (Å²) in [6.07, 6.45) is 3.16. The van der Waals surface area contributed by atoms with Crippen LogP contribution in [0.25, 0.3) is 0 Å². The number of aryl methyl sites for hydroxylation is 1. The fourth-order valence-corrected chi connectivity index (χ4v) is 2.29. The van der Waals surface area contributed by atoms with Crippen molar-refractivity contribution in [2.75, 3.05) is 0 Å². The van der Waals surface area contributed by atoms with Crippen LogP contribution in [-0.2, 0) is 13.1 Å². The molecule has 0 aliphatic carbocycles. The van der Waals surface area contributed by atoms with Gasteiger partial charge in [-0.15, -0.1) is 11.3 Å². The van der Waals surface area contributed by atoms with Gasteiger partial charge in [0.05, 0.1) is 11.6 Å². The molecule has 3 N–H and O–H groups in total. The number of amides is 2. The van der Waals surface area contributed by atoms with E-state index in [1.54, 1.807) is 12.3 Å². The number of carbonyl (C=O) groups is 2. The number of carbonyl (C=O) groups excluding carboxylic acids is 1. The standard InChI is InChI=1S/C13H14N4O3S/c1-8-14-6-10(21-8)7-17-13(20)16-5-9-2-3-11(12(18)19)15-4-9/h2-4,6H,5,7H2,1H3,(H,18,19)(H2,16,17,20). The molecule has 0 aromatic carbocycles. The van der Waals surface area contributed by atoms with Crippen LogP contribution in [0.15, 0.2) is 24.5 Å². The number of nitrogens with zero attached hydrogens (tertiary/aromatic N) is 2. The predicted molar refractivity (Wildman–Crippen MR) is 77.1 cm³/mol. The largest absolute Gasteiger partial charge is 0.477 e. The lowest BCUT2D eigenvalue weighted by Gasteiger charge is -2.06. The number of urea groups is 1. The SMILES string of the molecule is Cc1ncc(CNC(=O)NCc2ccc(C(=O)O)nc2)s1. The second-order valence-corrected chi connectivity index (χ2v) is 5.56. The number of thiazole rings is 1. The van der Waals surface area contributed by atoms with Crippen LogP contribution in [0.2, 0.25) is 0 Å². The molecule has 7 nitrogen and oxygen atoms in total. The van der Waals surface area contributed by atoms with E-state index in [0.29, 0.717) is 6.54 Å². The third-order valence-corrected chi connectivity index (χ3v) is 3.50. The molecule has 8 heteroatoms. The third kappa shape index (κ3) is 4.53. The monoisotopic (exact) mass is 306 g/mol. The molecule has 2 heterocycles. The Hall–Kier alpha value is -2.48. The second-order valence-electron chi connectivity index (χ2n) is 4.24. The number of rotatable bonds is 5. The summed E-state index contributed by atoms with van der Waals surface area (Å²) < 4.78 is 0. The molecule has 0 radical (unpaired) electrons. The zero-order valence-corrected chi connectivity index (χ0v) is 12.1. The maximum atomic E-state index is 11.6. The van der Waals surface area contributed by atoms with Gasteiger partial charge < -0.3 is 15.7 Å². The summed E-state index contributed by atoms with van der Waals surface area (Å²) in [5, 5.41) is 15.1. The Bertz CT molecular complexity index is 639. The highest BCUT2D eigenvalue weighted by molar-refractivity contribution is 7.11. The van der Waals surface area contributed by atoms with Crippen molar-refractivity contribution < 1.29 is 14.7 Å². The molecule has 0 bridgehead atoms. The summed E-state index contributed by atoms with van der Waals surface area (Å²) in [5.41, 5.74) is 0.701. The maximum Gasteiger partial charge on any atom is 0.354 e. The Kier molecular flexibility index (Phi) is 4.83. The lowest BCUT2D eigenvalue weighted by Crippen LogP contribution is -2.34. The molecule has 2 aromatic rings. The van der Waals surface area contributed by atoms with Gasteiger partial charge in [0.15, 0.2) is 0 Å². The van der Waals surface area contributed by atoms with E-state index in [-0.39, 0.29) is 18.3 Å². The number of nitrogens with one attached hydrogen (secondary N) is 2. The molecule has 0 aliphatic rings. The number of hydrogen-bond donors (Lipinski definition) is 3. The molecule has 0 aliphatic heterocycles. The van der Waals surface area contributed by atoms with E-state index in [0.717, 1.165) is 15.4 Å². The highest BCUT2D eigenvalue weighted by atomic mass is 32.1. The number of aromatic carboxylic acids is 1. The molecule has 0 saturated carbocycles. The summed E-state index contributed by atoms with van der Waals surface area (Å²) in [5.74, 6) is -1.08. The lowest BCUT2D eigenvalue weighted by molar-refractivity contribution is 0.0690. The minimum atomic E-state index is -1.08. The van der Waals surface area contributed by atoms with Crippen LogP contribution in [0.4, 0.5) is 4.79 Å². The molecule has 0 fully saturated rings. The first-order valence-corrected chi connectivity index (χ1v) is 6.97. The predicted octanol–water partition coefficient (Wildman–Crippen LogP) is 1.54. The Balaban J connectivity index is 1.77. The number of carboxylic acids is 1. The fourth-order valence-electron chi connectivity index (χ4n) is 1.55. The lowest BCUT2D eigenvalue weighted by atomic mass is 10.2. The van der Waals surface area contributed by atoms with Gasteiger partial charge in [-0.2, -0.15) is 0 Å². The van der Waals surface area contributed by atoms with Crippen molar-refractivity contribution in [2.24, 2.45) is 0 Å². The van der Waals surface area contributed by atoms with Crippen LogP contribution >= 0.6 is 11.3 Å². The first-order chi connectivity index (χ1) is 10.0. The average molecular weight is 306 g/mol. The van der Waals surface area contributed by atoms with E-state index >= 15 is 0 Å². The molecule has 21 heavy (non-hydrogen) atoms. The fraction of sp³-hybridized carbons (Fsp3) is 0.231. The average Bonchev–Trinajstić information content (AvgIpc) is 2.89. The van der Waals surface area contributed by atoms with Gasteiger partial charge >= 0.3 is 12.0 Å². The number of pyridine rings is 1. The molecule has 110 valence electrons. The Morgan fingerprint density at radius 2 is 1.95 bits per heavy atom. The van der Waals surface area contributed by atoms with Crippen molar-refractivity contribution in [2.45, 2.75) is 20.0 Å². The molecule has 0 unspecified atom stereocenters. The van der Waals surface area contributed by atoms with E-state index in [1.807, 2.05) is 6.92 Å². The van der Waals surface area contributed by atoms with Gasteiger partial charge in [-0.3, -0.25) is 0 Å². The van der Waals surface area contributed by atoms with Crippen molar-refractivity contribution in [3.05, 3.63) is 45.7 Å². The van der Waals surface area contributed by atoms with Gasteiger partial charge in [0.2, 0.25) is 0 Å². The van der Waals surface area contributed by atoms with Crippen LogP contribution < -0.4 is 10.6 Å². The zero-order valence-electron chi connectivity index (χ0n) is 11.3. The van der Waals surface area contributed by atoms with E-state index < -0.39 is 5.97 Å². The molecule has 0 atom stereocenters. The van der Waals surface area contributed by atoms with Crippen LogP contribution in [0.5, 0.6) is 0 Å². The topological polar surface area (TPSA) is 104 Å². The van der Waals surface area contributed by atoms with Crippen molar-refractivity contribution in [1.29, 1.82) is 0 Å².